The molecule has 0 aliphatic carbocycles. The second-order valence-electron chi connectivity index (χ2n) is 2.76. The van der Waals surface area contributed by atoms with Gasteiger partial charge in [0.1, 0.15) is 6.54 Å². The predicted octanol–water partition coefficient (Wildman–Crippen LogP) is 2.84. The number of alkyl halides is 3. The number of aromatic nitrogens is 2. The highest BCUT2D eigenvalue weighted by Gasteiger charge is 2.10. The molecule has 1 rings (SSSR count). The maximum absolute atomic E-state index is 11.9. The molecule has 0 aromatic carbocycles. The summed E-state index contributed by atoms with van der Waals surface area (Å²) in [6.07, 6.45) is 1.49. The van der Waals surface area contributed by atoms with Crippen molar-refractivity contribution < 1.29 is 8.78 Å². The van der Waals surface area contributed by atoms with E-state index in [1.54, 1.807) is 6.20 Å². The summed E-state index contributed by atoms with van der Waals surface area (Å²) in [6, 6.07) is 0. The first-order chi connectivity index (χ1) is 6.13. The minimum absolute atomic E-state index is 0.133. The van der Waals surface area contributed by atoms with E-state index in [4.69, 9.17) is 11.6 Å². The Bertz CT molecular complexity index is 262. The van der Waals surface area contributed by atoms with Gasteiger partial charge < -0.3 is 0 Å². The molecule has 74 valence electrons. The summed E-state index contributed by atoms with van der Waals surface area (Å²) in [4.78, 5) is 0. The van der Waals surface area contributed by atoms with Crippen LogP contribution in [0.4, 0.5) is 8.78 Å². The largest absolute Gasteiger partial charge is 0.267 e. The lowest BCUT2D eigenvalue weighted by Gasteiger charge is -2.01. The predicted molar refractivity (Wildman–Crippen MR) is 47.1 cm³/mol. The summed E-state index contributed by atoms with van der Waals surface area (Å²) in [5, 5.41) is 3.64. The first-order valence-corrected chi connectivity index (χ1v) is 4.51. The Morgan fingerprint density at radius 3 is 2.85 bits per heavy atom. The molecule has 1 aromatic rings. The third-order valence-corrected chi connectivity index (χ3v) is 2.26. The van der Waals surface area contributed by atoms with E-state index in [9.17, 15) is 8.78 Å². The summed E-state index contributed by atoms with van der Waals surface area (Å²) in [7, 11) is 0. The first-order valence-electron chi connectivity index (χ1n) is 4.08. The molecule has 0 aliphatic heterocycles. The molecule has 1 heterocycles. The molecule has 0 saturated carbocycles. The van der Waals surface area contributed by atoms with Gasteiger partial charge in [0.05, 0.1) is 11.6 Å². The molecule has 0 radical (unpaired) electrons. The molecule has 0 N–H and O–H groups in total. The van der Waals surface area contributed by atoms with Crippen molar-refractivity contribution in [3.63, 3.8) is 0 Å². The van der Waals surface area contributed by atoms with Gasteiger partial charge in [-0.15, -0.1) is 11.6 Å². The molecule has 0 bridgehead atoms. The second kappa shape index (κ2) is 4.56. The number of hydrogen-bond donors (Lipinski definition) is 0. The molecule has 13 heavy (non-hydrogen) atoms. The van der Waals surface area contributed by atoms with Crippen LogP contribution in [0.3, 0.4) is 0 Å². The Morgan fingerprint density at radius 2 is 2.31 bits per heavy atom. The minimum atomic E-state index is -2.37. The lowest BCUT2D eigenvalue weighted by Crippen LogP contribution is -2.06. The molecule has 0 spiro atoms. The lowest BCUT2D eigenvalue weighted by molar-refractivity contribution is 0.122. The summed E-state index contributed by atoms with van der Waals surface area (Å²) < 4.78 is 25.1. The topological polar surface area (TPSA) is 17.8 Å². The van der Waals surface area contributed by atoms with Crippen LogP contribution in [-0.2, 0) is 6.54 Å². The van der Waals surface area contributed by atoms with Gasteiger partial charge in [-0.1, -0.05) is 6.92 Å². The average molecular weight is 209 g/mol. The lowest BCUT2D eigenvalue weighted by atomic mass is 10.2. The van der Waals surface area contributed by atoms with Gasteiger partial charge in [-0.25, -0.2) is 8.78 Å². The fourth-order valence-corrected chi connectivity index (χ4v) is 1.13. The molecule has 0 fully saturated rings. The van der Waals surface area contributed by atoms with Crippen molar-refractivity contribution >= 4 is 11.6 Å². The van der Waals surface area contributed by atoms with Gasteiger partial charge >= 0.3 is 0 Å². The summed E-state index contributed by atoms with van der Waals surface area (Å²) >= 11 is 5.90. The van der Waals surface area contributed by atoms with Gasteiger partial charge in [-0.2, -0.15) is 5.10 Å². The Morgan fingerprint density at radius 1 is 1.62 bits per heavy atom. The van der Waals surface area contributed by atoms with E-state index < -0.39 is 6.43 Å². The molecule has 5 heteroatoms. The van der Waals surface area contributed by atoms with Crippen molar-refractivity contribution in [1.29, 1.82) is 0 Å². The van der Waals surface area contributed by atoms with E-state index in [1.807, 2.05) is 6.92 Å². The van der Waals surface area contributed by atoms with E-state index in [0.29, 0.717) is 0 Å². The zero-order valence-corrected chi connectivity index (χ0v) is 8.01. The quantitative estimate of drug-likeness (QED) is 0.696. The van der Waals surface area contributed by atoms with E-state index in [-0.39, 0.29) is 11.9 Å². The van der Waals surface area contributed by atoms with Gasteiger partial charge in [0.2, 0.25) is 0 Å². The van der Waals surface area contributed by atoms with E-state index in [1.165, 1.54) is 10.9 Å². The van der Waals surface area contributed by atoms with Crippen LogP contribution in [0.15, 0.2) is 12.4 Å². The van der Waals surface area contributed by atoms with Gasteiger partial charge in [0.25, 0.3) is 6.43 Å². The van der Waals surface area contributed by atoms with Crippen molar-refractivity contribution in [3.05, 3.63) is 18.0 Å². The summed E-state index contributed by atoms with van der Waals surface area (Å²) in [5.74, 6) is 0. The van der Waals surface area contributed by atoms with Crippen molar-refractivity contribution in [1.82, 2.24) is 9.78 Å². The van der Waals surface area contributed by atoms with Crippen LogP contribution in [0.2, 0.25) is 0 Å². The zero-order valence-electron chi connectivity index (χ0n) is 7.25. The van der Waals surface area contributed by atoms with Crippen LogP contribution < -0.4 is 0 Å². The first kappa shape index (κ1) is 10.4. The Labute approximate surface area is 80.5 Å². The molecule has 0 saturated heterocycles. The Kier molecular flexibility index (Phi) is 3.66. The van der Waals surface area contributed by atoms with E-state index in [0.717, 1.165) is 12.0 Å². The van der Waals surface area contributed by atoms with Crippen LogP contribution in [0.25, 0.3) is 0 Å². The zero-order chi connectivity index (χ0) is 9.84. The van der Waals surface area contributed by atoms with Gasteiger partial charge in [0, 0.05) is 11.8 Å². The van der Waals surface area contributed by atoms with Crippen molar-refractivity contribution in [2.24, 2.45) is 0 Å². The van der Waals surface area contributed by atoms with Crippen molar-refractivity contribution in [3.8, 4) is 0 Å². The normalized spacial score (nSPS) is 13.6. The maximum Gasteiger partial charge on any atom is 0.257 e. The molecular formula is C8H11ClF2N2. The van der Waals surface area contributed by atoms with Crippen molar-refractivity contribution in [2.75, 3.05) is 0 Å². The monoisotopic (exact) mass is 208 g/mol. The Balaban J connectivity index is 2.63. The fourth-order valence-electron chi connectivity index (χ4n) is 1.02. The van der Waals surface area contributed by atoms with Crippen LogP contribution >= 0.6 is 11.6 Å². The van der Waals surface area contributed by atoms with Crippen LogP contribution in [0.5, 0.6) is 0 Å². The standard InChI is InChI=1S/C8H11ClF2N2/c1-2-7(9)6-3-12-13(4-6)5-8(10)11/h3-4,7-8H,2,5H2,1H3. The molecule has 2 nitrogen and oxygen atoms in total. The molecule has 1 atom stereocenters. The average Bonchev–Trinajstić information content (AvgIpc) is 2.50. The highest BCUT2D eigenvalue weighted by atomic mass is 35.5. The van der Waals surface area contributed by atoms with Gasteiger partial charge in [-0.05, 0) is 6.42 Å². The van der Waals surface area contributed by atoms with E-state index >= 15 is 0 Å². The van der Waals surface area contributed by atoms with Crippen LogP contribution in [0.1, 0.15) is 24.3 Å². The number of hydrogen-bond acceptors (Lipinski definition) is 1. The third kappa shape index (κ3) is 2.95. The third-order valence-electron chi connectivity index (χ3n) is 1.70. The molecular weight excluding hydrogens is 198 g/mol. The van der Waals surface area contributed by atoms with Crippen molar-refractivity contribution in [2.45, 2.75) is 31.7 Å². The molecule has 1 aromatic heterocycles. The van der Waals surface area contributed by atoms with Crippen LogP contribution in [-0.4, -0.2) is 16.2 Å². The minimum Gasteiger partial charge on any atom is -0.267 e. The maximum atomic E-state index is 11.9. The highest BCUT2D eigenvalue weighted by molar-refractivity contribution is 6.20. The van der Waals surface area contributed by atoms with Crippen LogP contribution in [0, 0.1) is 0 Å². The number of halogens is 3. The van der Waals surface area contributed by atoms with Gasteiger partial charge in [0.15, 0.2) is 0 Å². The SMILES string of the molecule is CCC(Cl)c1cnn(CC(F)F)c1. The molecule has 0 amide bonds. The molecule has 1 unspecified atom stereocenters. The van der Waals surface area contributed by atoms with Gasteiger partial charge in [-0.3, -0.25) is 4.68 Å². The highest BCUT2D eigenvalue weighted by Crippen LogP contribution is 2.22. The number of rotatable bonds is 4. The van der Waals surface area contributed by atoms with E-state index in [2.05, 4.69) is 5.10 Å². The molecule has 0 aliphatic rings. The Hall–Kier alpha value is -0.640. The fraction of sp³-hybridized carbons (Fsp3) is 0.625. The summed E-state index contributed by atoms with van der Waals surface area (Å²) in [5.41, 5.74) is 0.796. The second-order valence-corrected chi connectivity index (χ2v) is 3.29. The number of nitrogens with zero attached hydrogens (tertiary/aromatic N) is 2. The summed E-state index contributed by atoms with van der Waals surface area (Å²) in [6.45, 7) is 1.56. The smallest absolute Gasteiger partial charge is 0.257 e.